The molecule has 0 spiro atoms. The summed E-state index contributed by atoms with van der Waals surface area (Å²) < 4.78 is 25.6. The van der Waals surface area contributed by atoms with Crippen molar-refractivity contribution in [1.82, 2.24) is 10.6 Å². The molecule has 2 N–H and O–H groups in total. The number of nitrogens with one attached hydrogen (secondary N) is 2. The summed E-state index contributed by atoms with van der Waals surface area (Å²) in [5, 5.41) is 16.2. The molecule has 8 heteroatoms. The number of hydrogen-bond acceptors (Lipinski definition) is 4. The Morgan fingerprint density at radius 2 is 2.10 bits per heavy atom. The Bertz CT molecular complexity index is 1070. The molecule has 3 aromatic rings. The van der Waals surface area contributed by atoms with E-state index in [0.29, 0.717) is 35.0 Å². The van der Waals surface area contributed by atoms with Crippen molar-refractivity contribution in [2.24, 2.45) is 4.99 Å². The van der Waals surface area contributed by atoms with Crippen molar-refractivity contribution in [2.75, 3.05) is 13.7 Å². The van der Waals surface area contributed by atoms with E-state index in [9.17, 15) is 4.39 Å². The third-order valence-corrected chi connectivity index (χ3v) is 4.45. The first-order chi connectivity index (χ1) is 14.0. The predicted molar refractivity (Wildman–Crippen MR) is 126 cm³/mol. The highest BCUT2D eigenvalue weighted by Gasteiger charge is 2.16. The monoisotopic (exact) mass is 522 g/mol. The maximum atomic E-state index is 14.0. The van der Waals surface area contributed by atoms with Crippen LogP contribution in [0.2, 0.25) is 0 Å². The second-order valence-electron chi connectivity index (χ2n) is 6.47. The summed E-state index contributed by atoms with van der Waals surface area (Å²) in [6, 6.07) is 13.8. The highest BCUT2D eigenvalue weighted by molar-refractivity contribution is 14.0. The van der Waals surface area contributed by atoms with Crippen molar-refractivity contribution in [3.05, 3.63) is 65.2 Å². The quantitative estimate of drug-likeness (QED) is 0.274. The molecule has 0 saturated carbocycles. The zero-order valence-corrected chi connectivity index (χ0v) is 19.4. The fourth-order valence-corrected chi connectivity index (χ4v) is 2.97. The maximum Gasteiger partial charge on any atom is 0.191 e. The van der Waals surface area contributed by atoms with E-state index in [1.165, 1.54) is 18.2 Å². The molecule has 0 aliphatic rings. The third-order valence-electron chi connectivity index (χ3n) is 4.45. The Morgan fingerprint density at radius 1 is 1.30 bits per heavy atom. The molecule has 2 aromatic carbocycles. The van der Waals surface area contributed by atoms with Gasteiger partial charge >= 0.3 is 0 Å². The topological polar surface area (TPSA) is 82.6 Å². The summed E-state index contributed by atoms with van der Waals surface area (Å²) >= 11 is 0. The minimum atomic E-state index is -0.374. The Hall–Kier alpha value is -2.80. The van der Waals surface area contributed by atoms with E-state index >= 15 is 0 Å². The zero-order valence-electron chi connectivity index (χ0n) is 17.0. The van der Waals surface area contributed by atoms with Crippen molar-refractivity contribution < 1.29 is 13.5 Å². The lowest BCUT2D eigenvalue weighted by molar-refractivity contribution is 0.336. The lowest BCUT2D eigenvalue weighted by Gasteiger charge is -2.16. The van der Waals surface area contributed by atoms with Gasteiger partial charge in [-0.2, -0.15) is 5.26 Å². The Labute approximate surface area is 192 Å². The fourth-order valence-electron chi connectivity index (χ4n) is 2.97. The molecule has 0 amide bonds. The molecule has 0 saturated heterocycles. The van der Waals surface area contributed by atoms with Gasteiger partial charge in [-0.15, -0.1) is 24.0 Å². The van der Waals surface area contributed by atoms with Crippen LogP contribution in [0.4, 0.5) is 4.39 Å². The zero-order chi connectivity index (χ0) is 20.8. The van der Waals surface area contributed by atoms with E-state index in [2.05, 4.69) is 15.6 Å². The van der Waals surface area contributed by atoms with Gasteiger partial charge in [-0.3, -0.25) is 4.99 Å². The van der Waals surface area contributed by atoms with Crippen molar-refractivity contribution in [3.8, 4) is 11.8 Å². The number of nitrogens with zero attached hydrogens (tertiary/aromatic N) is 2. The van der Waals surface area contributed by atoms with Crippen LogP contribution in [0.1, 0.15) is 36.8 Å². The van der Waals surface area contributed by atoms with Crippen LogP contribution in [0.5, 0.6) is 5.75 Å². The first kappa shape index (κ1) is 23.5. The van der Waals surface area contributed by atoms with E-state index in [1.54, 1.807) is 7.05 Å². The first-order valence-electron chi connectivity index (χ1n) is 9.36. The second-order valence-corrected chi connectivity index (χ2v) is 6.47. The van der Waals surface area contributed by atoms with Crippen LogP contribution in [-0.4, -0.2) is 19.6 Å². The molecule has 0 radical (unpaired) electrons. The van der Waals surface area contributed by atoms with Crippen LogP contribution < -0.4 is 15.4 Å². The van der Waals surface area contributed by atoms with Gasteiger partial charge in [0.25, 0.3) is 0 Å². The fraction of sp³-hybridized carbons (Fsp3) is 0.273. The molecular weight excluding hydrogens is 498 g/mol. The lowest BCUT2D eigenvalue weighted by Crippen LogP contribution is -2.38. The Kier molecular flexibility index (Phi) is 8.47. The SMILES string of the molecule is CCOc1cccc2cc(C(C)NC(=NC)NCc3cc(C#N)ccc3F)oc12.I. The first-order valence-corrected chi connectivity index (χ1v) is 9.36. The smallest absolute Gasteiger partial charge is 0.191 e. The summed E-state index contributed by atoms with van der Waals surface area (Å²) in [7, 11) is 1.63. The van der Waals surface area contributed by atoms with Crippen LogP contribution in [-0.2, 0) is 6.54 Å². The summed E-state index contributed by atoms with van der Waals surface area (Å²) in [5.41, 5.74) is 1.51. The highest BCUT2D eigenvalue weighted by atomic mass is 127. The molecule has 3 rings (SSSR count). The van der Waals surface area contributed by atoms with Crippen molar-refractivity contribution in [2.45, 2.75) is 26.4 Å². The number of benzene rings is 2. The average Bonchev–Trinajstić information content (AvgIpc) is 3.18. The Morgan fingerprint density at radius 3 is 2.80 bits per heavy atom. The van der Waals surface area contributed by atoms with Crippen LogP contribution in [0.25, 0.3) is 11.0 Å². The van der Waals surface area contributed by atoms with Gasteiger partial charge in [-0.05, 0) is 44.2 Å². The number of aliphatic imine (C=N–C) groups is 1. The van der Waals surface area contributed by atoms with Crippen LogP contribution in [0.15, 0.2) is 51.9 Å². The summed E-state index contributed by atoms with van der Waals surface area (Å²) in [4.78, 5) is 4.18. The van der Waals surface area contributed by atoms with E-state index in [0.717, 1.165) is 11.1 Å². The van der Waals surface area contributed by atoms with Gasteiger partial charge in [0, 0.05) is 24.5 Å². The molecule has 1 aromatic heterocycles. The van der Waals surface area contributed by atoms with Gasteiger partial charge in [0.1, 0.15) is 11.6 Å². The summed E-state index contributed by atoms with van der Waals surface area (Å²) in [6.07, 6.45) is 0. The third kappa shape index (κ3) is 5.42. The Balaban J connectivity index is 0.00000320. The van der Waals surface area contributed by atoms with E-state index in [4.69, 9.17) is 14.4 Å². The van der Waals surface area contributed by atoms with Gasteiger partial charge in [0.05, 0.1) is 24.3 Å². The predicted octanol–water partition coefficient (Wildman–Crippen LogP) is 4.89. The molecule has 1 unspecified atom stereocenters. The van der Waals surface area contributed by atoms with Gasteiger partial charge in [-0.25, -0.2) is 4.39 Å². The number of fused-ring (bicyclic) bond motifs is 1. The molecule has 30 heavy (non-hydrogen) atoms. The van der Waals surface area contributed by atoms with Crippen molar-refractivity contribution >= 4 is 40.9 Å². The average molecular weight is 522 g/mol. The molecule has 0 bridgehead atoms. The maximum absolute atomic E-state index is 14.0. The highest BCUT2D eigenvalue weighted by Crippen LogP contribution is 2.31. The van der Waals surface area contributed by atoms with E-state index in [1.807, 2.05) is 44.2 Å². The van der Waals surface area contributed by atoms with Crippen LogP contribution in [0.3, 0.4) is 0 Å². The molecule has 0 aliphatic heterocycles. The molecule has 6 nitrogen and oxygen atoms in total. The van der Waals surface area contributed by atoms with Crippen LogP contribution >= 0.6 is 24.0 Å². The van der Waals surface area contributed by atoms with E-state index in [-0.39, 0.29) is 42.4 Å². The van der Waals surface area contributed by atoms with Gasteiger partial charge in [0.15, 0.2) is 17.3 Å². The number of ether oxygens (including phenoxy) is 1. The number of hydrogen-bond donors (Lipinski definition) is 2. The number of nitriles is 1. The van der Waals surface area contributed by atoms with E-state index < -0.39 is 0 Å². The van der Waals surface area contributed by atoms with Crippen molar-refractivity contribution in [1.29, 1.82) is 5.26 Å². The normalized spacial score (nSPS) is 12.0. The molecule has 1 atom stereocenters. The summed E-state index contributed by atoms with van der Waals surface area (Å²) in [6.45, 7) is 4.63. The number of guanidine groups is 1. The van der Waals surface area contributed by atoms with Crippen LogP contribution in [0, 0.1) is 17.1 Å². The molecular formula is C22H24FIN4O2. The number of furan rings is 1. The van der Waals surface area contributed by atoms with Gasteiger partial charge in [0.2, 0.25) is 0 Å². The molecule has 158 valence electrons. The molecule has 0 aliphatic carbocycles. The molecule has 0 fully saturated rings. The number of halogens is 2. The second kappa shape index (κ2) is 10.8. The molecule has 1 heterocycles. The van der Waals surface area contributed by atoms with Gasteiger partial charge in [-0.1, -0.05) is 12.1 Å². The minimum Gasteiger partial charge on any atom is -0.490 e. The minimum absolute atomic E-state index is 0. The largest absolute Gasteiger partial charge is 0.490 e. The number of para-hydroxylation sites is 1. The lowest BCUT2D eigenvalue weighted by atomic mass is 10.1. The van der Waals surface area contributed by atoms with Gasteiger partial charge < -0.3 is 19.8 Å². The summed E-state index contributed by atoms with van der Waals surface area (Å²) in [5.74, 6) is 1.55. The number of rotatable bonds is 6. The standard InChI is InChI=1S/C22H23FN4O2.HI/c1-4-28-19-7-5-6-16-11-20(29-21(16)19)14(2)27-22(25-3)26-13-17-10-15(12-24)8-9-18(17)23;/h5-11,14H,4,13H2,1-3H3,(H2,25,26,27);1H. The van der Waals surface area contributed by atoms with Crippen molar-refractivity contribution in [3.63, 3.8) is 0 Å².